The fraction of sp³-hybridized carbons (Fsp3) is 0.240. The summed E-state index contributed by atoms with van der Waals surface area (Å²) in [6.07, 6.45) is 0.382. The Kier molecular flexibility index (Phi) is 6.53. The summed E-state index contributed by atoms with van der Waals surface area (Å²) in [6, 6.07) is 23.8. The van der Waals surface area contributed by atoms with Crippen LogP contribution in [-0.4, -0.2) is 5.78 Å². The second-order valence-electron chi connectivity index (χ2n) is 7.52. The van der Waals surface area contributed by atoms with Gasteiger partial charge >= 0.3 is 0 Å². The van der Waals surface area contributed by atoms with Crippen molar-refractivity contribution in [2.45, 2.75) is 39.2 Å². The summed E-state index contributed by atoms with van der Waals surface area (Å²) < 4.78 is 0. The standard InChI is InChI=1S/C25H26ClNO/c1-17(2)19-8-10-20(11-9-19)24(27-23-14-12-22(26)13-15-23)16-25(28)21-6-4-18(3)5-7-21/h4-15,17,24,27H,16H2,1-3H3/t24-/m0/s1. The molecule has 0 amide bonds. The number of anilines is 1. The molecule has 3 aromatic rings. The number of hydrogen-bond acceptors (Lipinski definition) is 2. The topological polar surface area (TPSA) is 29.1 Å². The van der Waals surface area contributed by atoms with Crippen LogP contribution in [0.2, 0.25) is 5.02 Å². The fourth-order valence-corrected chi connectivity index (χ4v) is 3.28. The quantitative estimate of drug-likeness (QED) is 0.431. The molecule has 0 aromatic heterocycles. The van der Waals surface area contributed by atoms with Gasteiger partial charge in [0.1, 0.15) is 0 Å². The first-order valence-corrected chi connectivity index (χ1v) is 10.0. The zero-order valence-corrected chi connectivity index (χ0v) is 17.3. The molecule has 0 fully saturated rings. The number of rotatable bonds is 7. The number of halogens is 1. The van der Waals surface area contributed by atoms with Gasteiger partial charge in [-0.25, -0.2) is 0 Å². The summed E-state index contributed by atoms with van der Waals surface area (Å²) in [5, 5.41) is 4.20. The van der Waals surface area contributed by atoms with Crippen molar-refractivity contribution < 1.29 is 4.79 Å². The number of aryl methyl sites for hydroxylation is 1. The predicted molar refractivity (Wildman–Crippen MR) is 118 cm³/mol. The molecule has 3 heteroatoms. The van der Waals surface area contributed by atoms with E-state index in [0.717, 1.165) is 22.4 Å². The molecular weight excluding hydrogens is 366 g/mol. The molecule has 1 N–H and O–H groups in total. The predicted octanol–water partition coefficient (Wildman–Crippen LogP) is 7.20. The van der Waals surface area contributed by atoms with Gasteiger partial charge in [-0.1, -0.05) is 79.5 Å². The van der Waals surface area contributed by atoms with Crippen LogP contribution in [0, 0.1) is 6.92 Å². The minimum atomic E-state index is -0.115. The largest absolute Gasteiger partial charge is 0.378 e. The van der Waals surface area contributed by atoms with E-state index in [1.807, 2.05) is 55.5 Å². The molecule has 1 atom stereocenters. The van der Waals surface area contributed by atoms with E-state index in [-0.39, 0.29) is 11.8 Å². The zero-order chi connectivity index (χ0) is 20.1. The average molecular weight is 392 g/mol. The Bertz CT molecular complexity index is 912. The minimum Gasteiger partial charge on any atom is -0.378 e. The Morgan fingerprint density at radius 1 is 0.857 bits per heavy atom. The van der Waals surface area contributed by atoms with Crippen LogP contribution in [0.25, 0.3) is 0 Å². The maximum atomic E-state index is 12.9. The van der Waals surface area contributed by atoms with Crippen LogP contribution in [0.3, 0.4) is 0 Å². The van der Waals surface area contributed by atoms with Gasteiger partial charge in [-0.2, -0.15) is 0 Å². The van der Waals surface area contributed by atoms with Crippen molar-refractivity contribution in [2.24, 2.45) is 0 Å². The zero-order valence-electron chi connectivity index (χ0n) is 16.6. The summed E-state index contributed by atoms with van der Waals surface area (Å²) in [6.45, 7) is 6.38. The Labute approximate surface area is 172 Å². The van der Waals surface area contributed by atoms with E-state index in [1.165, 1.54) is 5.56 Å². The summed E-state index contributed by atoms with van der Waals surface area (Å²) in [7, 11) is 0. The number of carbonyl (C=O) groups is 1. The normalized spacial score (nSPS) is 12.0. The van der Waals surface area contributed by atoms with Crippen molar-refractivity contribution in [3.05, 3.63) is 100 Å². The van der Waals surface area contributed by atoms with Crippen LogP contribution in [-0.2, 0) is 0 Å². The molecule has 0 radical (unpaired) electrons. The first kappa shape index (κ1) is 20.2. The van der Waals surface area contributed by atoms with E-state index >= 15 is 0 Å². The summed E-state index contributed by atoms with van der Waals surface area (Å²) in [5.41, 5.74) is 5.22. The lowest BCUT2D eigenvalue weighted by molar-refractivity contribution is 0.0976. The highest BCUT2D eigenvalue weighted by Gasteiger charge is 2.18. The second kappa shape index (κ2) is 9.07. The maximum absolute atomic E-state index is 12.9. The molecule has 0 saturated carbocycles. The van der Waals surface area contributed by atoms with E-state index in [9.17, 15) is 4.79 Å². The first-order valence-electron chi connectivity index (χ1n) is 9.64. The molecule has 0 spiro atoms. The monoisotopic (exact) mass is 391 g/mol. The third-order valence-corrected chi connectivity index (χ3v) is 5.21. The number of Topliss-reactive ketones (excluding diaryl/α,β-unsaturated/α-hetero) is 1. The molecule has 0 aliphatic rings. The van der Waals surface area contributed by atoms with Crippen molar-refractivity contribution in [3.63, 3.8) is 0 Å². The van der Waals surface area contributed by atoms with E-state index in [0.29, 0.717) is 17.4 Å². The lowest BCUT2D eigenvalue weighted by Gasteiger charge is -2.21. The number of carbonyl (C=O) groups excluding carboxylic acids is 1. The smallest absolute Gasteiger partial charge is 0.165 e. The van der Waals surface area contributed by atoms with Gasteiger partial charge in [0.2, 0.25) is 0 Å². The highest BCUT2D eigenvalue weighted by molar-refractivity contribution is 6.30. The van der Waals surface area contributed by atoms with Crippen molar-refractivity contribution in [1.82, 2.24) is 0 Å². The van der Waals surface area contributed by atoms with Gasteiger partial charge in [-0.05, 0) is 48.2 Å². The molecule has 3 rings (SSSR count). The number of hydrogen-bond donors (Lipinski definition) is 1. The SMILES string of the molecule is Cc1ccc(C(=O)C[C@H](Nc2ccc(Cl)cc2)c2ccc(C(C)C)cc2)cc1. The first-order chi connectivity index (χ1) is 13.4. The molecule has 3 aromatic carbocycles. The Morgan fingerprint density at radius 3 is 2.00 bits per heavy atom. The van der Waals surface area contributed by atoms with Gasteiger partial charge in [0.05, 0.1) is 6.04 Å². The molecular formula is C25H26ClNO. The molecule has 0 aliphatic heterocycles. The van der Waals surface area contributed by atoms with Crippen LogP contribution in [0.15, 0.2) is 72.8 Å². The molecule has 0 unspecified atom stereocenters. The van der Waals surface area contributed by atoms with E-state index in [4.69, 9.17) is 11.6 Å². The number of ketones is 1. The van der Waals surface area contributed by atoms with Gasteiger partial charge < -0.3 is 5.32 Å². The summed E-state index contributed by atoms with van der Waals surface area (Å²) in [4.78, 5) is 12.9. The minimum absolute atomic E-state index is 0.115. The van der Waals surface area contributed by atoms with Crippen LogP contribution in [0.5, 0.6) is 0 Å². The Hall–Kier alpha value is -2.58. The summed E-state index contributed by atoms with van der Waals surface area (Å²) >= 11 is 6.01. The van der Waals surface area contributed by atoms with Crippen LogP contribution in [0.1, 0.15) is 59.3 Å². The third kappa shape index (κ3) is 5.24. The van der Waals surface area contributed by atoms with E-state index in [1.54, 1.807) is 0 Å². The lowest BCUT2D eigenvalue weighted by Crippen LogP contribution is -2.16. The van der Waals surface area contributed by atoms with Gasteiger partial charge in [-0.15, -0.1) is 0 Å². The van der Waals surface area contributed by atoms with E-state index in [2.05, 4.69) is 43.4 Å². The van der Waals surface area contributed by atoms with Crippen LogP contribution in [0.4, 0.5) is 5.69 Å². The maximum Gasteiger partial charge on any atom is 0.165 e. The highest BCUT2D eigenvalue weighted by atomic mass is 35.5. The Balaban J connectivity index is 1.85. The summed E-state index contributed by atoms with van der Waals surface area (Å²) in [5.74, 6) is 0.602. The molecule has 0 aliphatic carbocycles. The lowest BCUT2D eigenvalue weighted by atomic mass is 9.94. The third-order valence-electron chi connectivity index (χ3n) is 4.95. The highest BCUT2D eigenvalue weighted by Crippen LogP contribution is 2.27. The molecule has 144 valence electrons. The van der Waals surface area contributed by atoms with Gasteiger partial charge in [0, 0.05) is 22.7 Å². The van der Waals surface area contributed by atoms with E-state index < -0.39 is 0 Å². The fourth-order valence-electron chi connectivity index (χ4n) is 3.16. The number of benzene rings is 3. The van der Waals surface area contributed by atoms with Crippen molar-refractivity contribution >= 4 is 23.1 Å². The van der Waals surface area contributed by atoms with Crippen LogP contribution < -0.4 is 5.32 Å². The van der Waals surface area contributed by atoms with Crippen molar-refractivity contribution in [2.75, 3.05) is 5.32 Å². The van der Waals surface area contributed by atoms with Crippen molar-refractivity contribution in [3.8, 4) is 0 Å². The van der Waals surface area contributed by atoms with Gasteiger partial charge in [0.25, 0.3) is 0 Å². The van der Waals surface area contributed by atoms with Crippen molar-refractivity contribution in [1.29, 1.82) is 0 Å². The van der Waals surface area contributed by atoms with Crippen LogP contribution >= 0.6 is 11.6 Å². The van der Waals surface area contributed by atoms with Gasteiger partial charge in [0.15, 0.2) is 5.78 Å². The Morgan fingerprint density at radius 2 is 1.43 bits per heavy atom. The van der Waals surface area contributed by atoms with Gasteiger partial charge in [-0.3, -0.25) is 4.79 Å². The average Bonchev–Trinajstić information content (AvgIpc) is 2.69. The molecule has 28 heavy (non-hydrogen) atoms. The molecule has 2 nitrogen and oxygen atoms in total. The second-order valence-corrected chi connectivity index (χ2v) is 7.95. The molecule has 0 bridgehead atoms. The molecule has 0 heterocycles. The number of nitrogens with one attached hydrogen (secondary N) is 1. The molecule has 0 saturated heterocycles.